The van der Waals surface area contributed by atoms with Crippen LogP contribution in [0.25, 0.3) is 27.8 Å². The maximum atomic E-state index is 6.17. The monoisotopic (exact) mass is 402 g/mol. The molecule has 0 atom stereocenters. The first-order valence-electron chi connectivity index (χ1n) is 10.2. The normalized spacial score (nSPS) is 15.1. The third-order valence-corrected chi connectivity index (χ3v) is 6.22. The SMILES string of the molecule is Nc1ccc(-c2c(C3CCCCC3)c3ccncc3n2-c2ccc(Cl)cc2)cn1. The third kappa shape index (κ3) is 3.28. The second kappa shape index (κ2) is 7.53. The minimum atomic E-state index is 0.531. The van der Waals surface area contributed by atoms with E-state index in [1.165, 1.54) is 48.7 Å². The van der Waals surface area contributed by atoms with Crippen LogP contribution in [0.3, 0.4) is 0 Å². The van der Waals surface area contributed by atoms with E-state index in [2.05, 4.69) is 38.8 Å². The van der Waals surface area contributed by atoms with Gasteiger partial charge in [-0.2, -0.15) is 0 Å². The zero-order valence-electron chi connectivity index (χ0n) is 16.2. The van der Waals surface area contributed by atoms with Gasteiger partial charge < -0.3 is 10.3 Å². The number of hydrogen-bond donors (Lipinski definition) is 1. The molecule has 146 valence electrons. The number of hydrogen-bond acceptors (Lipinski definition) is 3. The highest BCUT2D eigenvalue weighted by molar-refractivity contribution is 6.30. The summed E-state index contributed by atoms with van der Waals surface area (Å²) in [7, 11) is 0. The minimum absolute atomic E-state index is 0.531. The highest BCUT2D eigenvalue weighted by Crippen LogP contribution is 2.45. The van der Waals surface area contributed by atoms with Crippen LogP contribution in [0.2, 0.25) is 5.02 Å². The molecule has 1 aromatic carbocycles. The molecule has 5 rings (SSSR count). The van der Waals surface area contributed by atoms with Crippen molar-refractivity contribution in [3.05, 3.63) is 71.6 Å². The molecule has 0 bridgehead atoms. The van der Waals surface area contributed by atoms with E-state index in [0.717, 1.165) is 21.8 Å². The molecule has 0 aliphatic heterocycles. The quantitative estimate of drug-likeness (QED) is 0.433. The van der Waals surface area contributed by atoms with Crippen molar-refractivity contribution in [2.24, 2.45) is 0 Å². The Kier molecular flexibility index (Phi) is 4.72. The van der Waals surface area contributed by atoms with Gasteiger partial charge in [-0.25, -0.2) is 4.98 Å². The number of nitrogens with zero attached hydrogens (tertiary/aromatic N) is 3. The molecule has 29 heavy (non-hydrogen) atoms. The van der Waals surface area contributed by atoms with Gasteiger partial charge in [-0.05, 0) is 66.8 Å². The number of nitrogen functional groups attached to an aromatic ring is 1. The van der Waals surface area contributed by atoms with Crippen LogP contribution >= 0.6 is 11.6 Å². The summed E-state index contributed by atoms with van der Waals surface area (Å²) in [6.07, 6.45) is 12.1. The zero-order valence-corrected chi connectivity index (χ0v) is 16.9. The van der Waals surface area contributed by atoms with Gasteiger partial charge >= 0.3 is 0 Å². The zero-order chi connectivity index (χ0) is 19.8. The fourth-order valence-electron chi connectivity index (χ4n) is 4.65. The van der Waals surface area contributed by atoms with Gasteiger partial charge in [0.05, 0.1) is 17.4 Å². The van der Waals surface area contributed by atoms with E-state index in [1.807, 2.05) is 36.8 Å². The predicted molar refractivity (Wildman–Crippen MR) is 120 cm³/mol. The highest BCUT2D eigenvalue weighted by Gasteiger charge is 2.27. The lowest BCUT2D eigenvalue weighted by Gasteiger charge is -2.23. The van der Waals surface area contributed by atoms with E-state index in [-0.39, 0.29) is 0 Å². The van der Waals surface area contributed by atoms with Crippen molar-refractivity contribution in [2.45, 2.75) is 38.0 Å². The van der Waals surface area contributed by atoms with Gasteiger partial charge in [0.25, 0.3) is 0 Å². The molecule has 1 aliphatic carbocycles. The predicted octanol–water partition coefficient (Wildman–Crippen LogP) is 6.37. The number of anilines is 1. The van der Waals surface area contributed by atoms with E-state index in [1.54, 1.807) is 0 Å². The topological polar surface area (TPSA) is 56.7 Å². The number of halogens is 1. The van der Waals surface area contributed by atoms with Gasteiger partial charge in [-0.3, -0.25) is 4.98 Å². The van der Waals surface area contributed by atoms with Crippen molar-refractivity contribution in [3.63, 3.8) is 0 Å². The lowest BCUT2D eigenvalue weighted by atomic mass is 9.82. The van der Waals surface area contributed by atoms with Gasteiger partial charge in [-0.15, -0.1) is 0 Å². The van der Waals surface area contributed by atoms with Gasteiger partial charge in [0.1, 0.15) is 5.82 Å². The molecule has 4 aromatic rings. The Morgan fingerprint density at radius 1 is 0.931 bits per heavy atom. The molecule has 0 saturated heterocycles. The van der Waals surface area contributed by atoms with Crippen molar-refractivity contribution in [1.29, 1.82) is 0 Å². The van der Waals surface area contributed by atoms with Crippen molar-refractivity contribution in [3.8, 4) is 16.9 Å². The van der Waals surface area contributed by atoms with Crippen molar-refractivity contribution in [1.82, 2.24) is 14.5 Å². The van der Waals surface area contributed by atoms with Gasteiger partial charge in [0, 0.05) is 34.1 Å². The number of rotatable bonds is 3. The molecular weight excluding hydrogens is 380 g/mol. The number of pyridine rings is 2. The van der Waals surface area contributed by atoms with Crippen LogP contribution < -0.4 is 5.73 Å². The third-order valence-electron chi connectivity index (χ3n) is 5.97. The fourth-order valence-corrected chi connectivity index (χ4v) is 4.78. The first kappa shape index (κ1) is 18.2. The molecule has 1 aliphatic rings. The molecule has 1 fully saturated rings. The van der Waals surface area contributed by atoms with Gasteiger partial charge in [0.2, 0.25) is 0 Å². The Balaban J connectivity index is 1.85. The van der Waals surface area contributed by atoms with Crippen LogP contribution in [0.15, 0.2) is 61.1 Å². The summed E-state index contributed by atoms with van der Waals surface area (Å²) in [4.78, 5) is 8.83. The average Bonchev–Trinajstić information content (AvgIpc) is 3.11. The maximum absolute atomic E-state index is 6.17. The number of fused-ring (bicyclic) bond motifs is 1. The lowest BCUT2D eigenvalue weighted by Crippen LogP contribution is -2.07. The fraction of sp³-hybridized carbons (Fsp3) is 0.250. The molecule has 4 nitrogen and oxygen atoms in total. The molecule has 1 saturated carbocycles. The van der Waals surface area contributed by atoms with Crippen LogP contribution in [0.5, 0.6) is 0 Å². The largest absolute Gasteiger partial charge is 0.384 e. The van der Waals surface area contributed by atoms with Crippen molar-refractivity contribution >= 4 is 28.3 Å². The lowest BCUT2D eigenvalue weighted by molar-refractivity contribution is 0.446. The Morgan fingerprint density at radius 2 is 1.72 bits per heavy atom. The number of benzene rings is 1. The van der Waals surface area contributed by atoms with Gasteiger partial charge in [0.15, 0.2) is 0 Å². The first-order chi connectivity index (χ1) is 14.2. The highest BCUT2D eigenvalue weighted by atomic mass is 35.5. The summed E-state index contributed by atoms with van der Waals surface area (Å²) >= 11 is 6.17. The second-order valence-electron chi connectivity index (χ2n) is 7.77. The van der Waals surface area contributed by atoms with Crippen molar-refractivity contribution < 1.29 is 0 Å². The average molecular weight is 403 g/mol. The van der Waals surface area contributed by atoms with Crippen molar-refractivity contribution in [2.75, 3.05) is 5.73 Å². The summed E-state index contributed by atoms with van der Waals surface area (Å²) in [5.41, 5.74) is 11.7. The Hall–Kier alpha value is -2.85. The summed E-state index contributed by atoms with van der Waals surface area (Å²) in [5, 5.41) is 2.00. The maximum Gasteiger partial charge on any atom is 0.123 e. The standard InChI is InChI=1S/C24H23ClN4/c25-18-7-9-19(10-8-18)29-21-15-27-13-12-20(21)23(16-4-2-1-3-5-16)24(29)17-6-11-22(26)28-14-17/h6-16H,1-5H2,(H2,26,28). The minimum Gasteiger partial charge on any atom is -0.384 e. The van der Waals surface area contributed by atoms with Crippen LogP contribution in [0.4, 0.5) is 5.82 Å². The Morgan fingerprint density at radius 3 is 2.45 bits per heavy atom. The second-order valence-corrected chi connectivity index (χ2v) is 8.21. The summed E-state index contributed by atoms with van der Waals surface area (Å²) < 4.78 is 2.30. The van der Waals surface area contributed by atoms with E-state index >= 15 is 0 Å². The summed E-state index contributed by atoms with van der Waals surface area (Å²) in [6.45, 7) is 0. The molecule has 3 aromatic heterocycles. The molecule has 0 unspecified atom stereocenters. The molecule has 5 heteroatoms. The summed E-state index contributed by atoms with van der Waals surface area (Å²) in [6, 6.07) is 14.1. The smallest absolute Gasteiger partial charge is 0.123 e. The molecule has 3 heterocycles. The van der Waals surface area contributed by atoms with Crippen LogP contribution in [-0.4, -0.2) is 14.5 Å². The Labute approximate surface area is 175 Å². The molecule has 0 amide bonds. The Bertz CT molecular complexity index is 1140. The van der Waals surface area contributed by atoms with E-state index in [9.17, 15) is 0 Å². The van der Waals surface area contributed by atoms with E-state index < -0.39 is 0 Å². The first-order valence-corrected chi connectivity index (χ1v) is 10.6. The molecule has 0 spiro atoms. The molecular formula is C24H23ClN4. The molecule has 0 radical (unpaired) electrons. The summed E-state index contributed by atoms with van der Waals surface area (Å²) in [5.74, 6) is 1.07. The van der Waals surface area contributed by atoms with Crippen LogP contribution in [0, 0.1) is 0 Å². The van der Waals surface area contributed by atoms with E-state index in [0.29, 0.717) is 11.7 Å². The molecule has 2 N–H and O–H groups in total. The van der Waals surface area contributed by atoms with Gasteiger partial charge in [-0.1, -0.05) is 30.9 Å². The van der Waals surface area contributed by atoms with Crippen LogP contribution in [0.1, 0.15) is 43.6 Å². The number of nitrogens with two attached hydrogens (primary N) is 1. The van der Waals surface area contributed by atoms with Crippen LogP contribution in [-0.2, 0) is 0 Å². The van der Waals surface area contributed by atoms with E-state index in [4.69, 9.17) is 17.3 Å². The number of aromatic nitrogens is 3.